The van der Waals surface area contributed by atoms with Crippen molar-refractivity contribution in [1.29, 1.82) is 0 Å². The first-order valence-corrected chi connectivity index (χ1v) is 12.1. The van der Waals surface area contributed by atoms with Gasteiger partial charge in [-0.2, -0.15) is 0 Å². The molecule has 0 saturated carbocycles. The van der Waals surface area contributed by atoms with Crippen LogP contribution in [0, 0.1) is 0 Å². The molecule has 1 N–H and O–H groups in total. The quantitative estimate of drug-likeness (QED) is 0.289. The molecule has 0 aromatic heterocycles. The number of benzene rings is 2. The molecule has 3 rings (SSSR count). The molecule has 1 unspecified atom stereocenters. The Balaban J connectivity index is 2.05. The summed E-state index contributed by atoms with van der Waals surface area (Å²) in [7, 11) is 0. The number of carbonyl (C=O) groups excluding carboxylic acids is 2. The molecule has 2 aromatic rings. The molecule has 6 nitrogen and oxygen atoms in total. The number of likely N-dealkylation sites (tertiary alicyclic amines) is 1. The fraction of sp³-hybridized carbons (Fsp3) is 0.385. The second-order valence-electron chi connectivity index (χ2n) is 8.27. The molecular formula is C26H31BrN2O4. The minimum Gasteiger partial charge on any atom is -0.507 e. The standard InChI is InChI=1S/C26H31BrN2O4/c1-5-28(6-2)14-15-29-23(19-8-7-9-20(27)16-19)22(25(31)26(29)32)24(30)18-10-12-21(13-11-18)33-17(3)4/h7-13,16-17,23,30H,5-6,14-15H2,1-4H3/b24-22+. The van der Waals surface area contributed by atoms with E-state index in [9.17, 15) is 14.7 Å². The third kappa shape index (κ3) is 5.65. The smallest absolute Gasteiger partial charge is 0.295 e. The van der Waals surface area contributed by atoms with Crippen molar-refractivity contribution in [3.8, 4) is 5.75 Å². The highest BCUT2D eigenvalue weighted by Crippen LogP contribution is 2.40. The Labute approximate surface area is 204 Å². The van der Waals surface area contributed by atoms with Gasteiger partial charge < -0.3 is 19.6 Å². The minimum absolute atomic E-state index is 0.0251. The van der Waals surface area contributed by atoms with Gasteiger partial charge in [-0.1, -0.05) is 41.9 Å². The minimum atomic E-state index is -0.667. The normalized spacial score (nSPS) is 17.9. The number of rotatable bonds is 9. The molecule has 1 aliphatic rings. The fourth-order valence-corrected chi connectivity index (χ4v) is 4.46. The lowest BCUT2D eigenvalue weighted by Gasteiger charge is -2.28. The number of nitrogens with zero attached hydrogens (tertiary/aromatic N) is 2. The van der Waals surface area contributed by atoms with E-state index in [-0.39, 0.29) is 17.4 Å². The van der Waals surface area contributed by atoms with Crippen LogP contribution in [-0.2, 0) is 9.59 Å². The van der Waals surface area contributed by atoms with Gasteiger partial charge in [-0.25, -0.2) is 0 Å². The number of Topliss-reactive ketones (excluding diaryl/α,β-unsaturated/α-hetero) is 1. The highest BCUT2D eigenvalue weighted by Gasteiger charge is 2.46. The van der Waals surface area contributed by atoms with E-state index in [0.29, 0.717) is 24.4 Å². The van der Waals surface area contributed by atoms with E-state index in [1.807, 2.05) is 38.1 Å². The summed E-state index contributed by atoms with van der Waals surface area (Å²) in [5, 5.41) is 11.2. The number of aliphatic hydroxyl groups is 1. The molecule has 0 aliphatic carbocycles. The monoisotopic (exact) mass is 514 g/mol. The second-order valence-corrected chi connectivity index (χ2v) is 9.18. The van der Waals surface area contributed by atoms with Crippen LogP contribution >= 0.6 is 15.9 Å². The Morgan fingerprint density at radius 1 is 1.12 bits per heavy atom. The number of halogens is 1. The molecule has 0 bridgehead atoms. The van der Waals surface area contributed by atoms with Crippen molar-refractivity contribution in [1.82, 2.24) is 9.80 Å². The number of aliphatic hydroxyl groups excluding tert-OH is 1. The molecule has 1 fully saturated rings. The fourth-order valence-electron chi connectivity index (χ4n) is 4.04. The zero-order chi connectivity index (χ0) is 24.1. The molecule has 7 heteroatoms. The topological polar surface area (TPSA) is 70.1 Å². The van der Waals surface area contributed by atoms with Crippen LogP contribution in [0.1, 0.15) is 44.9 Å². The lowest BCUT2D eigenvalue weighted by Crippen LogP contribution is -2.38. The van der Waals surface area contributed by atoms with Crippen LogP contribution in [0.25, 0.3) is 5.76 Å². The van der Waals surface area contributed by atoms with Gasteiger partial charge >= 0.3 is 0 Å². The van der Waals surface area contributed by atoms with Crippen LogP contribution in [0.15, 0.2) is 58.6 Å². The molecule has 1 saturated heterocycles. The third-order valence-electron chi connectivity index (χ3n) is 5.76. The van der Waals surface area contributed by atoms with Gasteiger partial charge in [0.15, 0.2) is 0 Å². The molecule has 1 aliphatic heterocycles. The van der Waals surface area contributed by atoms with Gasteiger partial charge in [0.2, 0.25) is 0 Å². The maximum atomic E-state index is 13.1. The lowest BCUT2D eigenvalue weighted by molar-refractivity contribution is -0.140. The van der Waals surface area contributed by atoms with Crippen molar-refractivity contribution in [2.24, 2.45) is 0 Å². The van der Waals surface area contributed by atoms with E-state index in [1.165, 1.54) is 0 Å². The van der Waals surface area contributed by atoms with Gasteiger partial charge in [0, 0.05) is 23.1 Å². The Bertz CT molecular complexity index is 1030. The number of hydrogen-bond acceptors (Lipinski definition) is 5. The second kappa shape index (κ2) is 11.0. The van der Waals surface area contributed by atoms with Crippen LogP contribution in [0.4, 0.5) is 0 Å². The summed E-state index contributed by atoms with van der Waals surface area (Å²) in [6.07, 6.45) is 0.0251. The van der Waals surface area contributed by atoms with Gasteiger partial charge in [-0.05, 0) is 68.9 Å². The van der Waals surface area contributed by atoms with Gasteiger partial charge in [0.25, 0.3) is 11.7 Å². The Kier molecular flexibility index (Phi) is 8.32. The summed E-state index contributed by atoms with van der Waals surface area (Å²) >= 11 is 3.48. The largest absolute Gasteiger partial charge is 0.507 e. The summed E-state index contributed by atoms with van der Waals surface area (Å²) in [5.74, 6) is -0.766. The van der Waals surface area contributed by atoms with E-state index in [0.717, 1.165) is 23.1 Å². The molecule has 33 heavy (non-hydrogen) atoms. The summed E-state index contributed by atoms with van der Waals surface area (Å²) in [6.45, 7) is 10.7. The highest BCUT2D eigenvalue weighted by molar-refractivity contribution is 9.10. The van der Waals surface area contributed by atoms with Gasteiger partial charge in [-0.15, -0.1) is 0 Å². The van der Waals surface area contributed by atoms with E-state index in [4.69, 9.17) is 4.74 Å². The number of hydrogen-bond donors (Lipinski definition) is 1. The Hall–Kier alpha value is -2.64. The van der Waals surface area contributed by atoms with Crippen molar-refractivity contribution in [3.05, 3.63) is 69.7 Å². The summed E-state index contributed by atoms with van der Waals surface area (Å²) in [4.78, 5) is 30.0. The van der Waals surface area contributed by atoms with Crippen molar-refractivity contribution in [2.75, 3.05) is 26.2 Å². The molecule has 1 atom stereocenters. The molecule has 1 amide bonds. The molecular weight excluding hydrogens is 484 g/mol. The lowest BCUT2D eigenvalue weighted by atomic mass is 9.95. The molecule has 0 radical (unpaired) electrons. The first kappa shape index (κ1) is 25.0. The van der Waals surface area contributed by atoms with E-state index < -0.39 is 17.7 Å². The predicted octanol–water partition coefficient (Wildman–Crippen LogP) is 5.00. The summed E-state index contributed by atoms with van der Waals surface area (Å²) in [5.41, 5.74) is 1.34. The third-order valence-corrected chi connectivity index (χ3v) is 6.25. The Morgan fingerprint density at radius 3 is 2.36 bits per heavy atom. The van der Waals surface area contributed by atoms with Crippen LogP contribution in [0.3, 0.4) is 0 Å². The first-order chi connectivity index (χ1) is 15.8. The number of ketones is 1. The van der Waals surface area contributed by atoms with Crippen molar-refractivity contribution >= 4 is 33.4 Å². The number of likely N-dealkylation sites (N-methyl/N-ethyl adjacent to an activating group) is 1. The zero-order valence-corrected chi connectivity index (χ0v) is 21.1. The van der Waals surface area contributed by atoms with E-state index in [2.05, 4.69) is 34.7 Å². The molecule has 0 spiro atoms. The van der Waals surface area contributed by atoms with Crippen LogP contribution in [0.2, 0.25) is 0 Å². The molecule has 1 heterocycles. The molecule has 2 aromatic carbocycles. The van der Waals surface area contributed by atoms with Gasteiger partial charge in [0.05, 0.1) is 17.7 Å². The Morgan fingerprint density at radius 2 is 1.79 bits per heavy atom. The number of amides is 1. The average molecular weight is 515 g/mol. The van der Waals surface area contributed by atoms with Gasteiger partial charge in [-0.3, -0.25) is 9.59 Å². The van der Waals surface area contributed by atoms with Gasteiger partial charge in [0.1, 0.15) is 11.5 Å². The number of carbonyl (C=O) groups is 2. The van der Waals surface area contributed by atoms with Crippen molar-refractivity contribution < 1.29 is 19.4 Å². The number of ether oxygens (including phenoxy) is 1. The van der Waals surface area contributed by atoms with E-state index >= 15 is 0 Å². The maximum absolute atomic E-state index is 13.1. The molecule has 176 valence electrons. The van der Waals surface area contributed by atoms with Crippen LogP contribution in [0.5, 0.6) is 5.75 Å². The van der Waals surface area contributed by atoms with E-state index in [1.54, 1.807) is 29.2 Å². The predicted molar refractivity (Wildman–Crippen MR) is 133 cm³/mol. The summed E-state index contributed by atoms with van der Waals surface area (Å²) < 4.78 is 6.51. The van der Waals surface area contributed by atoms with Crippen LogP contribution < -0.4 is 4.74 Å². The van der Waals surface area contributed by atoms with Crippen molar-refractivity contribution in [2.45, 2.75) is 39.8 Å². The first-order valence-electron chi connectivity index (χ1n) is 11.3. The summed E-state index contributed by atoms with van der Waals surface area (Å²) in [6, 6.07) is 13.7. The maximum Gasteiger partial charge on any atom is 0.295 e. The SMILES string of the molecule is CCN(CC)CCN1C(=O)C(=O)/C(=C(/O)c2ccc(OC(C)C)cc2)C1c1cccc(Br)c1. The highest BCUT2D eigenvalue weighted by atomic mass is 79.9. The van der Waals surface area contributed by atoms with Crippen molar-refractivity contribution in [3.63, 3.8) is 0 Å². The average Bonchev–Trinajstić information content (AvgIpc) is 3.04. The zero-order valence-electron chi connectivity index (χ0n) is 19.5. The van der Waals surface area contributed by atoms with Crippen LogP contribution in [-0.4, -0.2) is 58.9 Å².